The molecule has 0 bridgehead atoms. The molecule has 4 nitrogen and oxygen atoms in total. The lowest BCUT2D eigenvalue weighted by Crippen LogP contribution is -2.06. The van der Waals surface area contributed by atoms with Gasteiger partial charge in [-0.05, 0) is 18.2 Å². The van der Waals surface area contributed by atoms with Crippen LogP contribution in [-0.4, -0.2) is 12.4 Å². The van der Waals surface area contributed by atoms with Gasteiger partial charge in [0.15, 0.2) is 11.4 Å². The normalized spacial score (nSPS) is 10.4. The number of fused-ring (bicyclic) bond motifs is 1. The standard InChI is InChI=1S/C15H14O4/c1-3-9-18-12-7-5-10-6-8-13(17)19-15(10)14(12)11(16)4-2/h3,5-8H,1,4,9H2,2H3. The van der Waals surface area contributed by atoms with Crippen molar-refractivity contribution < 1.29 is 13.9 Å². The summed E-state index contributed by atoms with van der Waals surface area (Å²) in [5.74, 6) is 0.285. The molecule has 0 N–H and O–H groups in total. The number of Topliss-reactive ketones (excluding diaryl/α,β-unsaturated/α-hetero) is 1. The van der Waals surface area contributed by atoms with Gasteiger partial charge in [0.05, 0.1) is 0 Å². The highest BCUT2D eigenvalue weighted by Gasteiger charge is 2.17. The maximum absolute atomic E-state index is 12.1. The zero-order valence-corrected chi connectivity index (χ0v) is 10.6. The highest BCUT2D eigenvalue weighted by atomic mass is 16.5. The van der Waals surface area contributed by atoms with Gasteiger partial charge in [-0.2, -0.15) is 0 Å². The SMILES string of the molecule is C=CCOc1ccc2ccc(=O)oc2c1C(=O)CC. The molecule has 98 valence electrons. The summed E-state index contributed by atoms with van der Waals surface area (Å²) >= 11 is 0. The average molecular weight is 258 g/mol. The lowest BCUT2D eigenvalue weighted by molar-refractivity contribution is 0.0985. The number of benzene rings is 1. The Balaban J connectivity index is 2.71. The number of ether oxygens (including phenoxy) is 1. The number of carbonyl (C=O) groups is 1. The van der Waals surface area contributed by atoms with Crippen molar-refractivity contribution in [1.29, 1.82) is 0 Å². The number of carbonyl (C=O) groups excluding carboxylic acids is 1. The van der Waals surface area contributed by atoms with E-state index >= 15 is 0 Å². The summed E-state index contributed by atoms with van der Waals surface area (Å²) in [6.07, 6.45) is 1.90. The first kappa shape index (κ1) is 13.1. The third kappa shape index (κ3) is 2.57. The molecule has 0 aliphatic heterocycles. The fourth-order valence-corrected chi connectivity index (χ4v) is 1.82. The summed E-state index contributed by atoms with van der Waals surface area (Å²) in [6.45, 7) is 5.60. The summed E-state index contributed by atoms with van der Waals surface area (Å²) in [4.78, 5) is 23.4. The summed E-state index contributed by atoms with van der Waals surface area (Å²) in [5, 5.41) is 0.697. The molecule has 1 heterocycles. The van der Waals surface area contributed by atoms with Gasteiger partial charge in [0, 0.05) is 17.9 Å². The summed E-state index contributed by atoms with van der Waals surface area (Å²) in [6, 6.07) is 6.41. The zero-order valence-electron chi connectivity index (χ0n) is 10.6. The predicted octanol–water partition coefficient (Wildman–Crippen LogP) is 2.95. The molecule has 0 amide bonds. The molecule has 0 atom stereocenters. The number of ketones is 1. The van der Waals surface area contributed by atoms with Crippen molar-refractivity contribution in [2.75, 3.05) is 6.61 Å². The molecular formula is C15H14O4. The first-order valence-corrected chi connectivity index (χ1v) is 6.01. The van der Waals surface area contributed by atoms with Crippen molar-refractivity contribution in [3.05, 3.63) is 52.9 Å². The van der Waals surface area contributed by atoms with E-state index in [0.717, 1.165) is 0 Å². The molecule has 1 aromatic heterocycles. The van der Waals surface area contributed by atoms with Crippen LogP contribution in [0.3, 0.4) is 0 Å². The molecule has 2 aromatic rings. The molecule has 0 unspecified atom stereocenters. The van der Waals surface area contributed by atoms with E-state index in [0.29, 0.717) is 23.1 Å². The number of hydrogen-bond donors (Lipinski definition) is 0. The van der Waals surface area contributed by atoms with E-state index in [1.165, 1.54) is 6.07 Å². The fourth-order valence-electron chi connectivity index (χ4n) is 1.82. The van der Waals surface area contributed by atoms with Crippen LogP contribution in [0.5, 0.6) is 5.75 Å². The van der Waals surface area contributed by atoms with Crippen molar-refractivity contribution in [2.45, 2.75) is 13.3 Å². The molecule has 0 aliphatic carbocycles. The largest absolute Gasteiger partial charge is 0.489 e. The van der Waals surface area contributed by atoms with Crippen LogP contribution in [0.1, 0.15) is 23.7 Å². The first-order valence-electron chi connectivity index (χ1n) is 6.01. The number of hydrogen-bond acceptors (Lipinski definition) is 4. The van der Waals surface area contributed by atoms with Gasteiger partial charge in [-0.25, -0.2) is 4.79 Å². The molecular weight excluding hydrogens is 244 g/mol. The van der Waals surface area contributed by atoms with Crippen LogP contribution in [0.2, 0.25) is 0 Å². The van der Waals surface area contributed by atoms with Crippen LogP contribution in [0.25, 0.3) is 11.0 Å². The molecule has 2 rings (SSSR count). The lowest BCUT2D eigenvalue weighted by Gasteiger charge is -2.10. The Bertz CT molecular complexity index is 682. The Hall–Kier alpha value is -2.36. The molecule has 4 heteroatoms. The van der Waals surface area contributed by atoms with Gasteiger partial charge in [-0.1, -0.05) is 19.6 Å². The molecule has 0 fully saturated rings. The molecule has 0 radical (unpaired) electrons. The monoisotopic (exact) mass is 258 g/mol. The van der Waals surface area contributed by atoms with Gasteiger partial charge < -0.3 is 9.15 Å². The topological polar surface area (TPSA) is 56.5 Å². The average Bonchev–Trinajstić information content (AvgIpc) is 2.43. The van der Waals surface area contributed by atoms with Crippen LogP contribution < -0.4 is 10.4 Å². The lowest BCUT2D eigenvalue weighted by atomic mass is 10.0. The quantitative estimate of drug-likeness (QED) is 0.470. The summed E-state index contributed by atoms with van der Waals surface area (Å²) in [7, 11) is 0. The molecule has 0 saturated heterocycles. The van der Waals surface area contributed by atoms with Crippen molar-refractivity contribution in [1.82, 2.24) is 0 Å². The van der Waals surface area contributed by atoms with Crippen LogP contribution in [0.15, 0.2) is 46.1 Å². The second-order valence-electron chi connectivity index (χ2n) is 3.99. The van der Waals surface area contributed by atoms with Gasteiger partial charge in [-0.15, -0.1) is 0 Å². The van der Waals surface area contributed by atoms with Crippen LogP contribution in [0, 0.1) is 0 Å². The smallest absolute Gasteiger partial charge is 0.336 e. The van der Waals surface area contributed by atoms with E-state index in [4.69, 9.17) is 9.15 Å². The zero-order chi connectivity index (χ0) is 13.8. The second-order valence-corrected chi connectivity index (χ2v) is 3.99. The van der Waals surface area contributed by atoms with Crippen LogP contribution >= 0.6 is 0 Å². The maximum atomic E-state index is 12.1. The van der Waals surface area contributed by atoms with E-state index < -0.39 is 5.63 Å². The van der Waals surface area contributed by atoms with Gasteiger partial charge in [0.1, 0.15) is 17.9 Å². The van der Waals surface area contributed by atoms with Crippen molar-refractivity contribution in [2.24, 2.45) is 0 Å². The minimum absolute atomic E-state index is 0.126. The van der Waals surface area contributed by atoms with E-state index in [9.17, 15) is 9.59 Å². The Morgan fingerprint density at radius 3 is 2.79 bits per heavy atom. The predicted molar refractivity (Wildman–Crippen MR) is 72.8 cm³/mol. The number of rotatable bonds is 5. The van der Waals surface area contributed by atoms with E-state index in [1.54, 1.807) is 31.2 Å². The van der Waals surface area contributed by atoms with E-state index in [-0.39, 0.29) is 18.0 Å². The van der Waals surface area contributed by atoms with Crippen LogP contribution in [0.4, 0.5) is 0 Å². The first-order chi connectivity index (χ1) is 9.17. The van der Waals surface area contributed by atoms with Gasteiger partial charge in [0.25, 0.3) is 0 Å². The Morgan fingerprint density at radius 2 is 2.11 bits per heavy atom. The Labute approximate surface area is 110 Å². The highest BCUT2D eigenvalue weighted by molar-refractivity contribution is 6.08. The molecule has 0 spiro atoms. The molecule has 0 saturated carbocycles. The van der Waals surface area contributed by atoms with E-state index in [2.05, 4.69) is 6.58 Å². The summed E-state index contributed by atoms with van der Waals surface area (Å²) in [5.41, 5.74) is 0.110. The fraction of sp³-hybridized carbons (Fsp3) is 0.200. The Morgan fingerprint density at radius 1 is 1.37 bits per heavy atom. The van der Waals surface area contributed by atoms with Crippen molar-refractivity contribution in [3.8, 4) is 5.75 Å². The minimum atomic E-state index is -0.487. The second kappa shape index (κ2) is 5.52. The van der Waals surface area contributed by atoms with Crippen molar-refractivity contribution >= 4 is 16.8 Å². The Kier molecular flexibility index (Phi) is 3.80. The van der Waals surface area contributed by atoms with Crippen LogP contribution in [-0.2, 0) is 0 Å². The molecule has 0 aliphatic rings. The minimum Gasteiger partial charge on any atom is -0.489 e. The van der Waals surface area contributed by atoms with Gasteiger partial charge in [-0.3, -0.25) is 4.79 Å². The van der Waals surface area contributed by atoms with Crippen molar-refractivity contribution in [3.63, 3.8) is 0 Å². The third-order valence-electron chi connectivity index (χ3n) is 2.71. The van der Waals surface area contributed by atoms with Gasteiger partial charge in [0.2, 0.25) is 0 Å². The maximum Gasteiger partial charge on any atom is 0.336 e. The summed E-state index contributed by atoms with van der Waals surface area (Å²) < 4.78 is 10.6. The third-order valence-corrected chi connectivity index (χ3v) is 2.71. The highest BCUT2D eigenvalue weighted by Crippen LogP contribution is 2.28. The van der Waals surface area contributed by atoms with Gasteiger partial charge >= 0.3 is 5.63 Å². The van der Waals surface area contributed by atoms with E-state index in [1.807, 2.05) is 0 Å². The molecule has 19 heavy (non-hydrogen) atoms. The molecule has 1 aromatic carbocycles.